The Morgan fingerprint density at radius 3 is 3.00 bits per heavy atom. The first-order chi connectivity index (χ1) is 9.65. The van der Waals surface area contributed by atoms with E-state index < -0.39 is 0 Å². The normalized spacial score (nSPS) is 18.4. The third-order valence-corrected chi connectivity index (χ3v) is 4.92. The molecule has 0 radical (unpaired) electrons. The number of nitrogens with one attached hydrogen (secondary N) is 1. The van der Waals surface area contributed by atoms with Crippen LogP contribution in [-0.4, -0.2) is 11.9 Å². The van der Waals surface area contributed by atoms with Crippen LogP contribution < -0.4 is 11.1 Å². The number of benzene rings is 1. The van der Waals surface area contributed by atoms with Crippen molar-refractivity contribution >= 4 is 44.6 Å². The Hall–Kier alpha value is -1.52. The van der Waals surface area contributed by atoms with Gasteiger partial charge in [-0.2, -0.15) is 0 Å². The van der Waals surface area contributed by atoms with Crippen molar-refractivity contribution in [2.75, 3.05) is 5.73 Å². The summed E-state index contributed by atoms with van der Waals surface area (Å²) in [5.74, 6) is -0.0832. The third-order valence-electron chi connectivity index (χ3n) is 3.50. The van der Waals surface area contributed by atoms with Crippen molar-refractivity contribution in [2.24, 2.45) is 0 Å². The number of nitrogens with two attached hydrogens (primary N) is 1. The number of rotatable bonds is 2. The van der Waals surface area contributed by atoms with Gasteiger partial charge in [-0.15, -0.1) is 11.3 Å². The molecule has 1 unspecified atom stereocenters. The monoisotopic (exact) mass is 306 g/mol. The van der Waals surface area contributed by atoms with E-state index in [2.05, 4.69) is 17.5 Å². The molecule has 0 bridgehead atoms. The number of carbonyl (C=O) groups excluding carboxylic acids is 1. The second-order valence-electron chi connectivity index (χ2n) is 4.94. The molecule has 0 spiro atoms. The molecule has 1 aliphatic carbocycles. The van der Waals surface area contributed by atoms with Crippen molar-refractivity contribution < 1.29 is 4.79 Å². The average Bonchev–Trinajstić information content (AvgIpc) is 2.77. The van der Waals surface area contributed by atoms with Crippen LogP contribution in [-0.2, 0) is 0 Å². The number of amides is 1. The highest BCUT2D eigenvalue weighted by Crippen LogP contribution is 2.35. The molecular weight excluding hydrogens is 292 g/mol. The van der Waals surface area contributed by atoms with Crippen LogP contribution in [0.4, 0.5) is 5.69 Å². The summed E-state index contributed by atoms with van der Waals surface area (Å²) in [5.41, 5.74) is 6.62. The molecule has 1 atom stereocenters. The Balaban J connectivity index is 1.87. The molecule has 3 N–H and O–H groups in total. The number of halogens is 1. The number of allylic oxidation sites excluding steroid dienone is 1. The molecule has 1 heterocycles. The first-order valence-corrected chi connectivity index (χ1v) is 7.78. The van der Waals surface area contributed by atoms with Gasteiger partial charge in [0.15, 0.2) is 0 Å². The fraction of sp³-hybridized carbons (Fsp3) is 0.267. The quantitative estimate of drug-likeness (QED) is 0.825. The van der Waals surface area contributed by atoms with Crippen LogP contribution in [0.25, 0.3) is 10.1 Å². The Morgan fingerprint density at radius 1 is 1.40 bits per heavy atom. The summed E-state index contributed by atoms with van der Waals surface area (Å²) in [4.78, 5) is 12.9. The van der Waals surface area contributed by atoms with Crippen LogP contribution in [0.5, 0.6) is 0 Å². The first kappa shape index (κ1) is 13.5. The van der Waals surface area contributed by atoms with Crippen molar-refractivity contribution in [3.05, 3.63) is 40.3 Å². The summed E-state index contributed by atoms with van der Waals surface area (Å²) >= 11 is 7.39. The Kier molecular flexibility index (Phi) is 3.68. The van der Waals surface area contributed by atoms with E-state index in [1.165, 1.54) is 11.3 Å². The Labute approximate surface area is 126 Å². The van der Waals surface area contributed by atoms with Crippen LogP contribution in [0.2, 0.25) is 5.02 Å². The summed E-state index contributed by atoms with van der Waals surface area (Å²) in [6.45, 7) is 0. The smallest absolute Gasteiger partial charge is 0.263 e. The van der Waals surface area contributed by atoms with Crippen molar-refractivity contribution in [1.82, 2.24) is 5.32 Å². The van der Waals surface area contributed by atoms with E-state index in [0.29, 0.717) is 15.6 Å². The number of anilines is 1. The van der Waals surface area contributed by atoms with E-state index >= 15 is 0 Å². The van der Waals surface area contributed by atoms with Gasteiger partial charge >= 0.3 is 0 Å². The predicted molar refractivity (Wildman–Crippen MR) is 85.5 cm³/mol. The molecule has 1 aliphatic rings. The van der Waals surface area contributed by atoms with Crippen LogP contribution >= 0.6 is 22.9 Å². The zero-order valence-corrected chi connectivity index (χ0v) is 12.4. The van der Waals surface area contributed by atoms with E-state index in [-0.39, 0.29) is 11.9 Å². The molecule has 0 aliphatic heterocycles. The van der Waals surface area contributed by atoms with Gasteiger partial charge in [0, 0.05) is 21.2 Å². The zero-order chi connectivity index (χ0) is 14.1. The molecule has 104 valence electrons. The number of thiophene rings is 1. The molecular formula is C15H15ClN2OS. The second-order valence-corrected chi connectivity index (χ2v) is 6.43. The van der Waals surface area contributed by atoms with Crippen molar-refractivity contribution in [3.8, 4) is 0 Å². The molecule has 1 aromatic carbocycles. The largest absolute Gasteiger partial charge is 0.397 e. The Bertz CT molecular complexity index is 692. The highest BCUT2D eigenvalue weighted by molar-refractivity contribution is 7.21. The van der Waals surface area contributed by atoms with E-state index in [9.17, 15) is 4.79 Å². The number of hydrogen-bond donors (Lipinski definition) is 2. The van der Waals surface area contributed by atoms with Crippen molar-refractivity contribution in [3.63, 3.8) is 0 Å². The van der Waals surface area contributed by atoms with E-state index in [1.54, 1.807) is 0 Å². The topological polar surface area (TPSA) is 55.1 Å². The fourth-order valence-electron chi connectivity index (χ4n) is 2.43. The minimum absolute atomic E-state index is 0.0832. The number of fused-ring (bicyclic) bond motifs is 1. The maximum absolute atomic E-state index is 12.4. The summed E-state index contributed by atoms with van der Waals surface area (Å²) in [6, 6.07) is 5.73. The molecule has 0 saturated carbocycles. The summed E-state index contributed by atoms with van der Waals surface area (Å²) in [7, 11) is 0. The number of carbonyl (C=O) groups is 1. The van der Waals surface area contributed by atoms with Gasteiger partial charge in [-0.1, -0.05) is 23.8 Å². The van der Waals surface area contributed by atoms with Gasteiger partial charge in [-0.3, -0.25) is 4.79 Å². The van der Waals surface area contributed by atoms with Crippen molar-refractivity contribution in [2.45, 2.75) is 25.3 Å². The van der Waals surface area contributed by atoms with Gasteiger partial charge < -0.3 is 11.1 Å². The lowest BCUT2D eigenvalue weighted by Crippen LogP contribution is -2.35. The molecule has 3 rings (SSSR count). The highest BCUT2D eigenvalue weighted by Gasteiger charge is 2.19. The molecule has 1 aromatic heterocycles. The molecule has 20 heavy (non-hydrogen) atoms. The van der Waals surface area contributed by atoms with Crippen LogP contribution in [0.3, 0.4) is 0 Å². The number of nitrogen functional groups attached to an aromatic ring is 1. The highest BCUT2D eigenvalue weighted by atomic mass is 35.5. The van der Waals surface area contributed by atoms with Gasteiger partial charge in [0.2, 0.25) is 0 Å². The Morgan fingerprint density at radius 2 is 2.25 bits per heavy atom. The molecule has 2 aromatic rings. The van der Waals surface area contributed by atoms with Crippen LogP contribution in [0, 0.1) is 0 Å². The first-order valence-electron chi connectivity index (χ1n) is 6.58. The van der Waals surface area contributed by atoms with Crippen molar-refractivity contribution in [1.29, 1.82) is 0 Å². The average molecular weight is 307 g/mol. The molecule has 0 fully saturated rings. The van der Waals surface area contributed by atoms with Gasteiger partial charge in [-0.25, -0.2) is 0 Å². The molecule has 0 saturated heterocycles. The number of hydrogen-bond acceptors (Lipinski definition) is 3. The van der Waals surface area contributed by atoms with Crippen LogP contribution in [0.15, 0.2) is 30.4 Å². The van der Waals surface area contributed by atoms with E-state index in [4.69, 9.17) is 17.3 Å². The SMILES string of the molecule is Nc1c(C(=O)NC2CC=CCC2)sc2ccc(Cl)cc12. The lowest BCUT2D eigenvalue weighted by molar-refractivity contribution is 0.0939. The lowest BCUT2D eigenvalue weighted by Gasteiger charge is -2.18. The summed E-state index contributed by atoms with van der Waals surface area (Å²) in [6.07, 6.45) is 7.16. The second kappa shape index (κ2) is 5.46. The van der Waals surface area contributed by atoms with Gasteiger partial charge in [0.25, 0.3) is 5.91 Å². The van der Waals surface area contributed by atoms with Gasteiger partial charge in [0.1, 0.15) is 4.88 Å². The lowest BCUT2D eigenvalue weighted by atomic mass is 10.0. The standard InChI is InChI=1S/C15H15ClN2OS/c16-9-6-7-12-11(8-9)13(17)14(20-12)15(19)18-10-4-2-1-3-5-10/h1-2,6-8,10H,3-5,17H2,(H,18,19). The maximum atomic E-state index is 12.4. The minimum atomic E-state index is -0.0832. The zero-order valence-electron chi connectivity index (χ0n) is 10.9. The van der Waals surface area contributed by atoms with Crippen LogP contribution in [0.1, 0.15) is 28.9 Å². The summed E-state index contributed by atoms with van der Waals surface area (Å²) < 4.78 is 0.987. The molecule has 3 nitrogen and oxygen atoms in total. The van der Waals surface area contributed by atoms with E-state index in [0.717, 1.165) is 29.3 Å². The minimum Gasteiger partial charge on any atom is -0.397 e. The molecule has 1 amide bonds. The van der Waals surface area contributed by atoms with Gasteiger partial charge in [0.05, 0.1) is 5.69 Å². The third kappa shape index (κ3) is 2.53. The molecule has 5 heteroatoms. The van der Waals surface area contributed by atoms with E-state index in [1.807, 2.05) is 18.2 Å². The fourth-order valence-corrected chi connectivity index (χ4v) is 3.61. The summed E-state index contributed by atoms with van der Waals surface area (Å²) in [5, 5.41) is 4.55. The maximum Gasteiger partial charge on any atom is 0.263 e. The van der Waals surface area contributed by atoms with Gasteiger partial charge in [-0.05, 0) is 37.5 Å². The predicted octanol–water partition coefficient (Wildman–Crippen LogP) is 3.98.